The van der Waals surface area contributed by atoms with Crippen LogP contribution in [0.2, 0.25) is 0 Å². The summed E-state index contributed by atoms with van der Waals surface area (Å²) in [6.45, 7) is 7.08. The molecule has 0 aromatic carbocycles. The van der Waals surface area contributed by atoms with E-state index in [1.165, 1.54) is 25.8 Å². The smallest absolute Gasteiger partial charge is 0.114 e. The van der Waals surface area contributed by atoms with Crippen molar-refractivity contribution >= 4 is 0 Å². The van der Waals surface area contributed by atoms with E-state index in [9.17, 15) is 0 Å². The van der Waals surface area contributed by atoms with Gasteiger partial charge in [0, 0.05) is 32.2 Å². The van der Waals surface area contributed by atoms with E-state index >= 15 is 0 Å². The van der Waals surface area contributed by atoms with Crippen LogP contribution in [0.5, 0.6) is 0 Å². The zero-order valence-corrected chi connectivity index (χ0v) is 10.2. The first kappa shape index (κ1) is 11.8. The third-order valence-corrected chi connectivity index (χ3v) is 3.73. The zero-order chi connectivity index (χ0) is 11.6. The Balaban J connectivity index is 1.88. The van der Waals surface area contributed by atoms with Crippen LogP contribution in [0.1, 0.15) is 26.2 Å². The second-order valence-corrected chi connectivity index (χ2v) is 5.45. The molecular weight excluding hydrogens is 200 g/mol. The number of nitrogens with zero attached hydrogens (tertiary/aromatic N) is 3. The molecule has 2 unspecified atom stereocenters. The van der Waals surface area contributed by atoms with E-state index in [2.05, 4.69) is 15.9 Å². The summed E-state index contributed by atoms with van der Waals surface area (Å²) in [5.74, 6) is 0. The number of fused-ring (bicyclic) bond motifs is 1. The molecule has 2 fully saturated rings. The Morgan fingerprint density at radius 2 is 2.19 bits per heavy atom. The molecule has 0 spiro atoms. The van der Waals surface area contributed by atoms with Gasteiger partial charge in [0.2, 0.25) is 0 Å². The van der Waals surface area contributed by atoms with Crippen molar-refractivity contribution in [3.05, 3.63) is 0 Å². The van der Waals surface area contributed by atoms with Gasteiger partial charge in [0.25, 0.3) is 0 Å². The Bertz CT molecular complexity index is 281. The van der Waals surface area contributed by atoms with Crippen molar-refractivity contribution in [1.29, 1.82) is 5.26 Å². The number of hydrogen-bond donors (Lipinski definition) is 1. The van der Waals surface area contributed by atoms with Crippen LogP contribution in [0.15, 0.2) is 0 Å². The molecule has 2 aliphatic rings. The largest absolute Gasteiger partial charge is 0.313 e. The van der Waals surface area contributed by atoms with E-state index in [1.807, 2.05) is 6.92 Å². The highest BCUT2D eigenvalue weighted by Crippen LogP contribution is 2.21. The van der Waals surface area contributed by atoms with E-state index in [4.69, 9.17) is 11.0 Å². The topological polar surface area (TPSA) is 56.3 Å². The predicted molar refractivity (Wildman–Crippen MR) is 63.9 cm³/mol. The van der Waals surface area contributed by atoms with Crippen LogP contribution in [0.3, 0.4) is 0 Å². The van der Waals surface area contributed by atoms with Crippen molar-refractivity contribution in [1.82, 2.24) is 9.80 Å². The van der Waals surface area contributed by atoms with E-state index in [-0.39, 0.29) is 0 Å². The molecule has 4 heteroatoms. The van der Waals surface area contributed by atoms with Gasteiger partial charge in [-0.1, -0.05) is 6.42 Å². The van der Waals surface area contributed by atoms with E-state index < -0.39 is 5.54 Å². The van der Waals surface area contributed by atoms with Crippen LogP contribution in [0.4, 0.5) is 0 Å². The number of nitrogens with two attached hydrogens (primary N) is 1. The van der Waals surface area contributed by atoms with Crippen molar-refractivity contribution in [2.75, 3.05) is 32.7 Å². The highest BCUT2D eigenvalue weighted by molar-refractivity contribution is 5.04. The molecule has 90 valence electrons. The average molecular weight is 222 g/mol. The van der Waals surface area contributed by atoms with Gasteiger partial charge < -0.3 is 5.73 Å². The fourth-order valence-electron chi connectivity index (χ4n) is 2.86. The number of hydrogen-bond acceptors (Lipinski definition) is 4. The molecule has 2 atom stereocenters. The molecule has 16 heavy (non-hydrogen) atoms. The summed E-state index contributed by atoms with van der Waals surface area (Å²) in [6.07, 6.45) is 4.01. The summed E-state index contributed by atoms with van der Waals surface area (Å²) in [5.41, 5.74) is 5.20. The molecular formula is C12H22N4. The van der Waals surface area contributed by atoms with Crippen molar-refractivity contribution < 1.29 is 0 Å². The van der Waals surface area contributed by atoms with Crippen molar-refractivity contribution in [2.24, 2.45) is 5.73 Å². The van der Waals surface area contributed by atoms with Crippen LogP contribution < -0.4 is 5.73 Å². The van der Waals surface area contributed by atoms with Crippen molar-refractivity contribution in [2.45, 2.75) is 37.8 Å². The normalized spacial score (nSPS) is 31.4. The Morgan fingerprint density at radius 1 is 1.38 bits per heavy atom. The lowest BCUT2D eigenvalue weighted by molar-refractivity contribution is 0.0438. The van der Waals surface area contributed by atoms with E-state index in [1.54, 1.807) is 0 Å². The van der Waals surface area contributed by atoms with Crippen LogP contribution >= 0.6 is 0 Å². The maximum absolute atomic E-state index is 8.95. The summed E-state index contributed by atoms with van der Waals surface area (Å²) in [4.78, 5) is 4.95. The fourth-order valence-corrected chi connectivity index (χ4v) is 2.86. The molecule has 2 N–H and O–H groups in total. The third kappa shape index (κ3) is 2.73. The summed E-state index contributed by atoms with van der Waals surface area (Å²) in [5, 5.41) is 8.95. The Labute approximate surface area is 98.0 Å². The van der Waals surface area contributed by atoms with Crippen molar-refractivity contribution in [3.63, 3.8) is 0 Å². The standard InChI is InChI=1S/C12H22N4/c1-12(14,9-13)10-15-6-7-16-5-3-2-4-11(16)8-15/h11H,2-8,10,14H2,1H3. The van der Waals surface area contributed by atoms with Gasteiger partial charge >= 0.3 is 0 Å². The molecule has 0 aromatic heterocycles. The molecule has 2 heterocycles. The molecule has 2 aliphatic heterocycles. The van der Waals surface area contributed by atoms with Crippen molar-refractivity contribution in [3.8, 4) is 6.07 Å². The lowest BCUT2D eigenvalue weighted by Crippen LogP contribution is -2.58. The van der Waals surface area contributed by atoms with Gasteiger partial charge in [0.1, 0.15) is 5.54 Å². The van der Waals surface area contributed by atoms with Gasteiger partial charge in [-0.15, -0.1) is 0 Å². The SMILES string of the molecule is CC(N)(C#N)CN1CCN2CCCCC2C1. The molecule has 0 aromatic rings. The second-order valence-electron chi connectivity index (χ2n) is 5.45. The van der Waals surface area contributed by atoms with Crippen LogP contribution in [-0.4, -0.2) is 54.1 Å². The molecule has 0 radical (unpaired) electrons. The summed E-state index contributed by atoms with van der Waals surface area (Å²) in [6, 6.07) is 2.89. The molecule has 0 saturated carbocycles. The van der Waals surface area contributed by atoms with Crippen LogP contribution in [-0.2, 0) is 0 Å². The Morgan fingerprint density at radius 3 is 2.94 bits per heavy atom. The fraction of sp³-hybridized carbons (Fsp3) is 0.917. The van der Waals surface area contributed by atoms with E-state index in [0.717, 1.165) is 19.6 Å². The number of piperazine rings is 1. The lowest BCUT2D eigenvalue weighted by Gasteiger charge is -2.45. The Hall–Kier alpha value is -0.630. The quantitative estimate of drug-likeness (QED) is 0.734. The maximum atomic E-state index is 8.95. The summed E-state index contributed by atoms with van der Waals surface area (Å²) < 4.78 is 0. The summed E-state index contributed by atoms with van der Waals surface area (Å²) in [7, 11) is 0. The minimum Gasteiger partial charge on any atom is -0.313 e. The second kappa shape index (κ2) is 4.70. The highest BCUT2D eigenvalue weighted by atomic mass is 15.3. The van der Waals surface area contributed by atoms with Gasteiger partial charge in [-0.25, -0.2) is 0 Å². The minimum atomic E-state index is -0.698. The first-order valence-electron chi connectivity index (χ1n) is 6.27. The first-order valence-corrected chi connectivity index (χ1v) is 6.27. The summed E-state index contributed by atoms with van der Waals surface area (Å²) >= 11 is 0. The maximum Gasteiger partial charge on any atom is 0.114 e. The third-order valence-electron chi connectivity index (χ3n) is 3.73. The first-order chi connectivity index (χ1) is 7.61. The minimum absolute atomic E-state index is 0.698. The number of rotatable bonds is 2. The molecule has 4 nitrogen and oxygen atoms in total. The van der Waals surface area contributed by atoms with Crippen LogP contribution in [0.25, 0.3) is 0 Å². The molecule has 2 saturated heterocycles. The average Bonchev–Trinajstić information content (AvgIpc) is 2.28. The zero-order valence-electron chi connectivity index (χ0n) is 10.2. The molecule has 2 rings (SSSR count). The van der Waals surface area contributed by atoms with E-state index in [0.29, 0.717) is 12.6 Å². The van der Waals surface area contributed by atoms with Gasteiger partial charge in [0.15, 0.2) is 0 Å². The van der Waals surface area contributed by atoms with Gasteiger partial charge in [-0.05, 0) is 26.3 Å². The highest BCUT2D eigenvalue weighted by Gasteiger charge is 2.31. The van der Waals surface area contributed by atoms with Gasteiger partial charge in [-0.2, -0.15) is 5.26 Å². The number of nitriles is 1. The van der Waals surface area contributed by atoms with Gasteiger partial charge in [0.05, 0.1) is 6.07 Å². The lowest BCUT2D eigenvalue weighted by atomic mass is 9.98. The molecule has 0 bridgehead atoms. The predicted octanol–water partition coefficient (Wildman–Crippen LogP) is 0.397. The molecule has 0 aliphatic carbocycles. The molecule has 0 amide bonds. The Kier molecular flexibility index (Phi) is 3.48. The van der Waals surface area contributed by atoms with Gasteiger partial charge in [-0.3, -0.25) is 9.80 Å². The monoisotopic (exact) mass is 222 g/mol. The number of piperidine rings is 1. The van der Waals surface area contributed by atoms with Crippen LogP contribution in [0, 0.1) is 11.3 Å².